The fraction of sp³-hybridized carbons (Fsp3) is 0.263. The van der Waals surface area contributed by atoms with E-state index in [4.69, 9.17) is 4.84 Å². The summed E-state index contributed by atoms with van der Waals surface area (Å²) in [6.07, 6.45) is 6.20. The van der Waals surface area contributed by atoms with E-state index < -0.39 is 0 Å². The molecule has 2 N–H and O–H groups in total. The number of nitrogens with one attached hydrogen (secondary N) is 1. The first-order chi connectivity index (χ1) is 10.8. The molecule has 114 valence electrons. The number of rotatable bonds is 6. The number of phenols is 1. The Morgan fingerprint density at radius 1 is 0.864 bits per heavy atom. The van der Waals surface area contributed by atoms with Crippen LogP contribution < -0.4 is 5.48 Å². The SMILES string of the molecule is Oc1ccc(CCC2=CC(CCc3ccccc3)ON2)cc1. The van der Waals surface area contributed by atoms with Crippen LogP contribution in [-0.2, 0) is 17.7 Å². The number of hydrogen-bond donors (Lipinski definition) is 2. The van der Waals surface area contributed by atoms with Crippen molar-refractivity contribution in [2.45, 2.75) is 31.8 Å². The molecule has 0 aromatic heterocycles. The third kappa shape index (κ3) is 4.12. The van der Waals surface area contributed by atoms with Gasteiger partial charge in [0.2, 0.25) is 0 Å². The van der Waals surface area contributed by atoms with E-state index in [1.54, 1.807) is 12.1 Å². The average molecular weight is 295 g/mol. The Morgan fingerprint density at radius 3 is 2.36 bits per heavy atom. The normalized spacial score (nSPS) is 17.1. The molecule has 1 atom stereocenters. The molecule has 2 aromatic rings. The number of allylic oxidation sites excluding steroid dienone is 1. The second-order valence-corrected chi connectivity index (χ2v) is 5.64. The van der Waals surface area contributed by atoms with Crippen molar-refractivity contribution in [2.24, 2.45) is 0 Å². The first kappa shape index (κ1) is 14.7. The van der Waals surface area contributed by atoms with E-state index in [-0.39, 0.29) is 6.10 Å². The monoisotopic (exact) mass is 295 g/mol. The van der Waals surface area contributed by atoms with E-state index in [0.29, 0.717) is 5.75 Å². The molecule has 0 radical (unpaired) electrons. The lowest BCUT2D eigenvalue weighted by molar-refractivity contribution is 0.0372. The van der Waals surface area contributed by atoms with Crippen molar-refractivity contribution >= 4 is 0 Å². The van der Waals surface area contributed by atoms with Gasteiger partial charge < -0.3 is 5.11 Å². The minimum absolute atomic E-state index is 0.148. The first-order valence-corrected chi connectivity index (χ1v) is 7.74. The standard InChI is InChI=1S/C19H21NO2/c21-18-11-7-16(8-12-18)6-10-17-14-19(22-20-17)13-9-15-4-2-1-3-5-15/h1-5,7-8,11-12,14,19-21H,6,9-10,13H2. The van der Waals surface area contributed by atoms with Crippen molar-refractivity contribution in [1.82, 2.24) is 5.48 Å². The molecule has 3 nitrogen and oxygen atoms in total. The van der Waals surface area contributed by atoms with Gasteiger partial charge in [-0.1, -0.05) is 42.5 Å². The van der Waals surface area contributed by atoms with Gasteiger partial charge in [0.05, 0.1) is 0 Å². The van der Waals surface area contributed by atoms with E-state index in [0.717, 1.165) is 31.4 Å². The molecule has 0 saturated heterocycles. The van der Waals surface area contributed by atoms with Gasteiger partial charge in [-0.3, -0.25) is 10.3 Å². The highest BCUT2D eigenvalue weighted by Crippen LogP contribution is 2.18. The fourth-order valence-electron chi connectivity index (χ4n) is 2.62. The van der Waals surface area contributed by atoms with E-state index in [1.807, 2.05) is 18.2 Å². The lowest BCUT2D eigenvalue weighted by Crippen LogP contribution is -2.13. The highest BCUT2D eigenvalue weighted by atomic mass is 16.7. The maximum absolute atomic E-state index is 9.28. The van der Waals surface area contributed by atoms with Gasteiger partial charge in [-0.15, -0.1) is 0 Å². The number of hydroxylamine groups is 1. The maximum atomic E-state index is 9.28. The molecule has 0 aliphatic carbocycles. The Morgan fingerprint density at radius 2 is 1.59 bits per heavy atom. The largest absolute Gasteiger partial charge is 0.508 e. The van der Waals surface area contributed by atoms with Crippen molar-refractivity contribution in [3.8, 4) is 5.75 Å². The first-order valence-electron chi connectivity index (χ1n) is 7.74. The summed E-state index contributed by atoms with van der Waals surface area (Å²) in [4.78, 5) is 5.61. The third-order valence-electron chi connectivity index (χ3n) is 3.91. The quantitative estimate of drug-likeness (QED) is 0.853. The van der Waals surface area contributed by atoms with Gasteiger partial charge in [0.15, 0.2) is 0 Å². The number of hydrogen-bond acceptors (Lipinski definition) is 3. The summed E-state index contributed by atoms with van der Waals surface area (Å²) in [5, 5.41) is 9.28. The van der Waals surface area contributed by atoms with Crippen LogP contribution >= 0.6 is 0 Å². The lowest BCUT2D eigenvalue weighted by atomic mass is 10.0. The molecule has 1 aliphatic heterocycles. The molecule has 22 heavy (non-hydrogen) atoms. The molecule has 0 amide bonds. The zero-order chi connectivity index (χ0) is 15.2. The van der Waals surface area contributed by atoms with Crippen LogP contribution in [0.15, 0.2) is 66.4 Å². The number of aryl methyl sites for hydroxylation is 2. The van der Waals surface area contributed by atoms with E-state index in [2.05, 4.69) is 35.8 Å². The van der Waals surface area contributed by atoms with Gasteiger partial charge in [-0.05, 0) is 55.0 Å². The molecule has 0 bridgehead atoms. The summed E-state index contributed by atoms with van der Waals surface area (Å²) >= 11 is 0. The topological polar surface area (TPSA) is 41.5 Å². The Hall–Kier alpha value is -2.26. The number of phenolic OH excluding ortho intramolecular Hbond substituents is 1. The summed E-state index contributed by atoms with van der Waals surface area (Å²) < 4.78 is 0. The predicted octanol–water partition coefficient (Wildman–Crippen LogP) is 3.74. The molecular weight excluding hydrogens is 274 g/mol. The molecule has 3 heteroatoms. The highest BCUT2D eigenvalue weighted by Gasteiger charge is 2.15. The van der Waals surface area contributed by atoms with Crippen LogP contribution in [0.1, 0.15) is 24.0 Å². The Balaban J connectivity index is 1.46. The zero-order valence-corrected chi connectivity index (χ0v) is 12.5. The molecule has 3 rings (SSSR count). The fourth-order valence-corrected chi connectivity index (χ4v) is 2.62. The number of aromatic hydroxyl groups is 1. The van der Waals surface area contributed by atoms with Crippen LogP contribution in [0.25, 0.3) is 0 Å². The molecule has 0 saturated carbocycles. The van der Waals surface area contributed by atoms with Gasteiger partial charge >= 0.3 is 0 Å². The predicted molar refractivity (Wildman–Crippen MR) is 87.3 cm³/mol. The van der Waals surface area contributed by atoms with Crippen molar-refractivity contribution in [3.05, 3.63) is 77.5 Å². The molecule has 0 fully saturated rings. The molecule has 1 unspecified atom stereocenters. The van der Waals surface area contributed by atoms with Crippen LogP contribution in [0.3, 0.4) is 0 Å². The van der Waals surface area contributed by atoms with Gasteiger partial charge in [0.1, 0.15) is 11.9 Å². The lowest BCUT2D eigenvalue weighted by Gasteiger charge is -2.07. The summed E-state index contributed by atoms with van der Waals surface area (Å²) in [5.41, 5.74) is 6.74. The zero-order valence-electron chi connectivity index (χ0n) is 12.5. The molecule has 2 aromatic carbocycles. The minimum Gasteiger partial charge on any atom is -0.508 e. The smallest absolute Gasteiger partial charge is 0.115 e. The van der Waals surface area contributed by atoms with E-state index in [9.17, 15) is 5.11 Å². The minimum atomic E-state index is 0.148. The highest BCUT2D eigenvalue weighted by molar-refractivity contribution is 5.26. The van der Waals surface area contributed by atoms with Crippen LogP contribution in [0.4, 0.5) is 0 Å². The molecule has 0 spiro atoms. The van der Waals surface area contributed by atoms with E-state index >= 15 is 0 Å². The van der Waals surface area contributed by atoms with Crippen molar-refractivity contribution in [1.29, 1.82) is 0 Å². The van der Waals surface area contributed by atoms with Crippen LogP contribution in [0.5, 0.6) is 5.75 Å². The van der Waals surface area contributed by atoms with E-state index in [1.165, 1.54) is 11.1 Å². The summed E-state index contributed by atoms with van der Waals surface area (Å²) in [7, 11) is 0. The molecular formula is C19H21NO2. The Kier molecular flexibility index (Phi) is 4.76. The second-order valence-electron chi connectivity index (χ2n) is 5.64. The van der Waals surface area contributed by atoms with Crippen molar-refractivity contribution in [2.75, 3.05) is 0 Å². The maximum Gasteiger partial charge on any atom is 0.115 e. The van der Waals surface area contributed by atoms with Crippen LogP contribution in [0.2, 0.25) is 0 Å². The van der Waals surface area contributed by atoms with Gasteiger partial charge in [0.25, 0.3) is 0 Å². The summed E-state index contributed by atoms with van der Waals surface area (Å²) in [6.45, 7) is 0. The number of benzene rings is 2. The summed E-state index contributed by atoms with van der Waals surface area (Å²) in [6, 6.07) is 17.9. The average Bonchev–Trinajstić information content (AvgIpc) is 3.01. The Labute approximate surface area is 131 Å². The van der Waals surface area contributed by atoms with Crippen LogP contribution in [0, 0.1) is 0 Å². The molecule has 1 aliphatic rings. The van der Waals surface area contributed by atoms with Gasteiger partial charge in [0, 0.05) is 5.70 Å². The third-order valence-corrected chi connectivity index (χ3v) is 3.91. The molecule has 1 heterocycles. The van der Waals surface area contributed by atoms with Crippen molar-refractivity contribution in [3.63, 3.8) is 0 Å². The second kappa shape index (κ2) is 7.14. The Bertz CT molecular complexity index is 620. The summed E-state index contributed by atoms with van der Waals surface area (Å²) in [5.74, 6) is 0.311. The van der Waals surface area contributed by atoms with Crippen molar-refractivity contribution < 1.29 is 9.94 Å². The van der Waals surface area contributed by atoms with Gasteiger partial charge in [-0.2, -0.15) is 0 Å². The van der Waals surface area contributed by atoms with Crippen LogP contribution in [-0.4, -0.2) is 11.2 Å². The van der Waals surface area contributed by atoms with Gasteiger partial charge in [-0.25, -0.2) is 0 Å².